The van der Waals surface area contributed by atoms with Gasteiger partial charge in [0.25, 0.3) is 0 Å². The number of fused-ring (bicyclic) bond motifs is 1. The highest BCUT2D eigenvalue weighted by Crippen LogP contribution is 2.37. The average molecular weight is 401 g/mol. The average Bonchev–Trinajstić information content (AvgIpc) is 2.71. The minimum absolute atomic E-state index is 0.266. The van der Waals surface area contributed by atoms with Gasteiger partial charge in [-0.2, -0.15) is 0 Å². The topological polar surface area (TPSA) is 69.7 Å². The van der Waals surface area contributed by atoms with Gasteiger partial charge in [-0.3, -0.25) is 4.98 Å². The number of nitrogens with zero attached hydrogens (tertiary/aromatic N) is 1. The molecular weight excluding hydrogens is 380 g/mol. The Kier molecular flexibility index (Phi) is 5.90. The summed E-state index contributed by atoms with van der Waals surface area (Å²) >= 11 is 6.25. The normalized spacial score (nSPS) is 10.6. The van der Waals surface area contributed by atoms with Gasteiger partial charge in [-0.15, -0.1) is 0 Å². The predicted molar refractivity (Wildman–Crippen MR) is 110 cm³/mol. The van der Waals surface area contributed by atoms with E-state index in [2.05, 4.69) is 10.3 Å². The fourth-order valence-corrected chi connectivity index (χ4v) is 3.07. The van der Waals surface area contributed by atoms with Crippen LogP contribution in [0.3, 0.4) is 0 Å². The van der Waals surface area contributed by atoms with Gasteiger partial charge in [0.05, 0.1) is 37.7 Å². The number of ether oxygens (including phenoxy) is 3. The first-order chi connectivity index (χ1) is 13.5. The molecule has 3 aromatic rings. The molecule has 2 aromatic carbocycles. The number of rotatable bonds is 6. The van der Waals surface area contributed by atoms with Crippen LogP contribution in [0.5, 0.6) is 11.5 Å². The molecule has 1 aromatic heterocycles. The summed E-state index contributed by atoms with van der Waals surface area (Å²) in [5.41, 5.74) is 3.12. The highest BCUT2D eigenvalue weighted by Gasteiger charge is 2.19. The third-order valence-corrected chi connectivity index (χ3v) is 4.80. The fraction of sp³-hybridized carbons (Fsp3) is 0.238. The summed E-state index contributed by atoms with van der Waals surface area (Å²) in [7, 11) is 3.16. The number of anilines is 2. The van der Waals surface area contributed by atoms with Gasteiger partial charge in [-0.05, 0) is 43.7 Å². The third kappa shape index (κ3) is 3.68. The molecule has 0 aliphatic carbocycles. The quantitative estimate of drug-likeness (QED) is 0.578. The van der Waals surface area contributed by atoms with Crippen molar-refractivity contribution in [3.05, 3.63) is 52.7 Å². The Balaban J connectivity index is 2.21. The minimum atomic E-state index is -0.459. The Hall–Kier alpha value is -2.99. The zero-order chi connectivity index (χ0) is 20.3. The Labute approximate surface area is 168 Å². The molecule has 0 atom stereocenters. The molecule has 0 fully saturated rings. The Morgan fingerprint density at radius 3 is 2.64 bits per heavy atom. The molecule has 1 N–H and O–H groups in total. The van der Waals surface area contributed by atoms with Crippen molar-refractivity contribution in [2.24, 2.45) is 0 Å². The van der Waals surface area contributed by atoms with Gasteiger partial charge in [-0.1, -0.05) is 11.6 Å². The van der Waals surface area contributed by atoms with E-state index in [1.807, 2.05) is 19.1 Å². The van der Waals surface area contributed by atoms with Crippen molar-refractivity contribution in [1.82, 2.24) is 4.98 Å². The molecule has 0 spiro atoms. The van der Waals surface area contributed by atoms with Crippen LogP contribution in [0.2, 0.25) is 5.02 Å². The third-order valence-electron chi connectivity index (χ3n) is 4.39. The van der Waals surface area contributed by atoms with E-state index in [0.717, 1.165) is 10.9 Å². The van der Waals surface area contributed by atoms with Crippen LogP contribution in [0.15, 0.2) is 36.5 Å². The van der Waals surface area contributed by atoms with Crippen molar-refractivity contribution >= 4 is 39.8 Å². The second kappa shape index (κ2) is 8.35. The maximum absolute atomic E-state index is 12.5. The first kappa shape index (κ1) is 19.8. The number of nitrogens with one attached hydrogen (secondary N) is 1. The molecule has 0 saturated heterocycles. The van der Waals surface area contributed by atoms with Crippen molar-refractivity contribution < 1.29 is 19.0 Å². The zero-order valence-electron chi connectivity index (χ0n) is 16.1. The van der Waals surface area contributed by atoms with Crippen LogP contribution in [0.1, 0.15) is 22.8 Å². The molecule has 7 heteroatoms. The van der Waals surface area contributed by atoms with Crippen LogP contribution >= 0.6 is 11.6 Å². The summed E-state index contributed by atoms with van der Waals surface area (Å²) < 4.78 is 15.9. The van der Waals surface area contributed by atoms with Gasteiger partial charge in [-0.25, -0.2) is 4.79 Å². The number of hydrogen-bond donors (Lipinski definition) is 1. The summed E-state index contributed by atoms with van der Waals surface area (Å²) in [5, 5.41) is 4.67. The first-order valence-corrected chi connectivity index (χ1v) is 9.11. The molecule has 3 rings (SSSR count). The maximum Gasteiger partial charge on any atom is 0.341 e. The van der Waals surface area contributed by atoms with Crippen LogP contribution in [0, 0.1) is 6.92 Å². The van der Waals surface area contributed by atoms with Crippen molar-refractivity contribution in [3.63, 3.8) is 0 Å². The number of benzene rings is 2. The van der Waals surface area contributed by atoms with E-state index in [0.29, 0.717) is 39.0 Å². The Morgan fingerprint density at radius 1 is 1.18 bits per heavy atom. The van der Waals surface area contributed by atoms with Crippen molar-refractivity contribution in [2.45, 2.75) is 13.8 Å². The number of esters is 1. The molecule has 0 unspecified atom stereocenters. The monoisotopic (exact) mass is 400 g/mol. The highest BCUT2D eigenvalue weighted by atomic mass is 35.5. The molecular formula is C21H21ClN2O4. The molecule has 28 heavy (non-hydrogen) atoms. The van der Waals surface area contributed by atoms with Crippen molar-refractivity contribution in [3.8, 4) is 11.5 Å². The van der Waals surface area contributed by atoms with Gasteiger partial charge < -0.3 is 19.5 Å². The van der Waals surface area contributed by atoms with Gasteiger partial charge in [0.15, 0.2) is 0 Å². The van der Waals surface area contributed by atoms with Crippen molar-refractivity contribution in [1.29, 1.82) is 0 Å². The lowest BCUT2D eigenvalue weighted by molar-refractivity contribution is 0.0527. The van der Waals surface area contributed by atoms with E-state index in [1.54, 1.807) is 39.3 Å². The summed E-state index contributed by atoms with van der Waals surface area (Å²) in [6, 6.07) is 9.00. The molecule has 6 nitrogen and oxygen atoms in total. The second-order valence-electron chi connectivity index (χ2n) is 6.03. The SMILES string of the molecule is CCOC(=O)c1cnc2c(C)c(Cl)ccc2c1Nc1ccc(OC)cc1OC. The lowest BCUT2D eigenvalue weighted by atomic mass is 10.1. The number of pyridine rings is 1. The van der Waals surface area contributed by atoms with Gasteiger partial charge in [0, 0.05) is 22.7 Å². The Morgan fingerprint density at radius 2 is 1.96 bits per heavy atom. The number of methoxy groups -OCH3 is 2. The Bertz CT molecular complexity index is 1040. The first-order valence-electron chi connectivity index (χ1n) is 8.74. The second-order valence-corrected chi connectivity index (χ2v) is 6.43. The minimum Gasteiger partial charge on any atom is -0.497 e. The molecule has 0 radical (unpaired) electrons. The maximum atomic E-state index is 12.5. The van der Waals surface area contributed by atoms with E-state index < -0.39 is 5.97 Å². The number of aryl methyl sites for hydroxylation is 1. The van der Waals surface area contributed by atoms with Gasteiger partial charge in [0.1, 0.15) is 17.1 Å². The molecule has 0 saturated carbocycles. The van der Waals surface area contributed by atoms with Crippen molar-refractivity contribution in [2.75, 3.05) is 26.1 Å². The number of carbonyl (C=O) groups excluding carboxylic acids is 1. The van der Waals surface area contributed by atoms with E-state index in [9.17, 15) is 4.79 Å². The predicted octanol–water partition coefficient (Wildman–Crippen LogP) is 5.13. The summed E-state index contributed by atoms with van der Waals surface area (Å²) in [4.78, 5) is 17.0. The molecule has 0 aliphatic rings. The van der Waals surface area contributed by atoms with Crippen LogP contribution in [0.4, 0.5) is 11.4 Å². The lowest BCUT2D eigenvalue weighted by Gasteiger charge is -2.17. The number of hydrogen-bond acceptors (Lipinski definition) is 6. The smallest absolute Gasteiger partial charge is 0.341 e. The largest absolute Gasteiger partial charge is 0.497 e. The lowest BCUT2D eigenvalue weighted by Crippen LogP contribution is -2.10. The molecule has 0 amide bonds. The molecule has 0 aliphatic heterocycles. The molecule has 1 heterocycles. The van der Waals surface area contributed by atoms with E-state index >= 15 is 0 Å². The number of carbonyl (C=O) groups is 1. The standard InChI is InChI=1S/C21H21ClN2O4/c1-5-28-21(25)15-11-23-19-12(2)16(22)8-7-14(19)20(15)24-17-9-6-13(26-3)10-18(17)27-4/h6-11H,5H2,1-4H3,(H,23,24). The fourth-order valence-electron chi connectivity index (χ4n) is 2.92. The van der Waals surface area contributed by atoms with Crippen LogP contribution in [-0.2, 0) is 4.74 Å². The van der Waals surface area contributed by atoms with E-state index in [1.165, 1.54) is 6.20 Å². The van der Waals surface area contributed by atoms with Crippen LogP contribution in [0.25, 0.3) is 10.9 Å². The van der Waals surface area contributed by atoms with E-state index in [-0.39, 0.29) is 6.61 Å². The van der Waals surface area contributed by atoms with Crippen LogP contribution < -0.4 is 14.8 Å². The summed E-state index contributed by atoms with van der Waals surface area (Å²) in [5.74, 6) is 0.777. The summed E-state index contributed by atoms with van der Waals surface area (Å²) in [6.45, 7) is 3.91. The van der Waals surface area contributed by atoms with Gasteiger partial charge >= 0.3 is 5.97 Å². The number of halogens is 1. The summed E-state index contributed by atoms with van der Waals surface area (Å²) in [6.07, 6.45) is 1.50. The van der Waals surface area contributed by atoms with E-state index in [4.69, 9.17) is 25.8 Å². The van der Waals surface area contributed by atoms with Crippen LogP contribution in [-0.4, -0.2) is 31.8 Å². The van der Waals surface area contributed by atoms with Gasteiger partial charge in [0.2, 0.25) is 0 Å². The molecule has 146 valence electrons. The zero-order valence-corrected chi connectivity index (χ0v) is 16.9. The highest BCUT2D eigenvalue weighted by molar-refractivity contribution is 6.32. The number of aromatic nitrogens is 1. The molecule has 0 bridgehead atoms.